The van der Waals surface area contributed by atoms with E-state index in [4.69, 9.17) is 4.74 Å². The van der Waals surface area contributed by atoms with Gasteiger partial charge in [-0.05, 0) is 25.6 Å². The smallest absolute Gasteiger partial charge is 0.176 e. The highest BCUT2D eigenvalue weighted by Gasteiger charge is 2.09. The summed E-state index contributed by atoms with van der Waals surface area (Å²) >= 11 is 3.37. The average Bonchev–Trinajstić information content (AvgIpc) is 2.29. The molecular weight excluding hydrogens is 282 g/mol. The molecule has 0 atom stereocenters. The quantitative estimate of drug-likeness (QED) is 0.572. The van der Waals surface area contributed by atoms with E-state index in [0.29, 0.717) is 6.54 Å². The molecule has 1 aromatic carbocycles. The van der Waals surface area contributed by atoms with Gasteiger partial charge in [-0.3, -0.25) is 9.69 Å². The summed E-state index contributed by atoms with van der Waals surface area (Å²) in [5, 5.41) is 0. The van der Waals surface area contributed by atoms with E-state index in [1.165, 1.54) is 0 Å². The lowest BCUT2D eigenvalue weighted by atomic mass is 10.1. The fraction of sp³-hybridized carbons (Fsp3) is 0.462. The molecule has 1 rings (SSSR count). The second-order valence-electron chi connectivity index (χ2n) is 4.02. The molecule has 0 saturated heterocycles. The number of likely N-dealkylation sites (N-methyl/N-ethyl adjacent to an activating group) is 1. The number of methoxy groups -OCH3 is 1. The molecule has 0 heterocycles. The van der Waals surface area contributed by atoms with E-state index >= 15 is 0 Å². The van der Waals surface area contributed by atoms with Crippen LogP contribution in [0.15, 0.2) is 28.7 Å². The van der Waals surface area contributed by atoms with Gasteiger partial charge in [0.05, 0.1) is 6.54 Å². The molecule has 0 amide bonds. The van der Waals surface area contributed by atoms with Crippen molar-refractivity contribution in [1.29, 1.82) is 0 Å². The van der Waals surface area contributed by atoms with Gasteiger partial charge in [0.2, 0.25) is 0 Å². The van der Waals surface area contributed by atoms with Gasteiger partial charge >= 0.3 is 0 Å². The molecule has 94 valence electrons. The largest absolute Gasteiger partial charge is 0.385 e. The van der Waals surface area contributed by atoms with Crippen LogP contribution in [0.1, 0.15) is 16.8 Å². The number of ketones is 1. The minimum atomic E-state index is 0.145. The second-order valence-corrected chi connectivity index (χ2v) is 4.93. The summed E-state index contributed by atoms with van der Waals surface area (Å²) in [5.74, 6) is 0.145. The van der Waals surface area contributed by atoms with Crippen molar-refractivity contribution in [2.75, 3.05) is 33.9 Å². The fourth-order valence-electron chi connectivity index (χ4n) is 1.56. The van der Waals surface area contributed by atoms with Gasteiger partial charge in [0, 0.05) is 30.3 Å². The average molecular weight is 300 g/mol. The highest BCUT2D eigenvalue weighted by Crippen LogP contribution is 2.12. The summed E-state index contributed by atoms with van der Waals surface area (Å²) in [6, 6.07) is 7.49. The molecule has 0 aromatic heterocycles. The molecule has 0 aliphatic carbocycles. The number of carbonyl (C=O) groups excluding carboxylic acids is 1. The van der Waals surface area contributed by atoms with Crippen LogP contribution in [0.5, 0.6) is 0 Å². The van der Waals surface area contributed by atoms with Gasteiger partial charge in [0.25, 0.3) is 0 Å². The molecule has 0 saturated carbocycles. The Labute approximate surface area is 111 Å². The van der Waals surface area contributed by atoms with Crippen LogP contribution in [-0.2, 0) is 4.74 Å². The van der Waals surface area contributed by atoms with E-state index in [0.717, 1.165) is 29.6 Å². The molecule has 17 heavy (non-hydrogen) atoms. The van der Waals surface area contributed by atoms with Crippen LogP contribution >= 0.6 is 15.9 Å². The van der Waals surface area contributed by atoms with Gasteiger partial charge in [-0.2, -0.15) is 0 Å². The number of benzene rings is 1. The first kappa shape index (κ1) is 14.4. The molecule has 3 nitrogen and oxygen atoms in total. The monoisotopic (exact) mass is 299 g/mol. The molecule has 0 radical (unpaired) electrons. The maximum Gasteiger partial charge on any atom is 0.176 e. The highest BCUT2D eigenvalue weighted by atomic mass is 79.9. The maximum absolute atomic E-state index is 11.9. The Morgan fingerprint density at radius 3 is 2.88 bits per heavy atom. The fourth-order valence-corrected chi connectivity index (χ4v) is 1.96. The number of rotatable bonds is 7. The third-order valence-corrected chi connectivity index (χ3v) is 2.94. The predicted octanol–water partition coefficient (Wildman–Crippen LogP) is 2.60. The number of hydrogen-bond donors (Lipinski definition) is 0. The third kappa shape index (κ3) is 5.44. The van der Waals surface area contributed by atoms with Crippen LogP contribution in [0, 0.1) is 0 Å². The van der Waals surface area contributed by atoms with Crippen molar-refractivity contribution < 1.29 is 9.53 Å². The van der Waals surface area contributed by atoms with Crippen molar-refractivity contribution in [2.24, 2.45) is 0 Å². The van der Waals surface area contributed by atoms with Crippen LogP contribution in [0.25, 0.3) is 0 Å². The number of hydrogen-bond acceptors (Lipinski definition) is 3. The number of carbonyl (C=O) groups is 1. The summed E-state index contributed by atoms with van der Waals surface area (Å²) in [6.45, 7) is 2.04. The summed E-state index contributed by atoms with van der Waals surface area (Å²) in [4.78, 5) is 14.0. The summed E-state index contributed by atoms with van der Waals surface area (Å²) in [6.07, 6.45) is 0.943. The predicted molar refractivity (Wildman–Crippen MR) is 72.5 cm³/mol. The summed E-state index contributed by atoms with van der Waals surface area (Å²) < 4.78 is 5.92. The Hall–Kier alpha value is -0.710. The molecule has 0 N–H and O–H groups in total. The lowest BCUT2D eigenvalue weighted by molar-refractivity contribution is 0.0938. The first-order valence-electron chi connectivity index (χ1n) is 5.59. The Kier molecular flexibility index (Phi) is 6.40. The van der Waals surface area contributed by atoms with Crippen LogP contribution in [0.4, 0.5) is 0 Å². The third-order valence-electron chi connectivity index (χ3n) is 2.45. The molecule has 4 heteroatoms. The van der Waals surface area contributed by atoms with Gasteiger partial charge in [-0.15, -0.1) is 0 Å². The molecule has 0 aliphatic heterocycles. The molecular formula is C13H18BrNO2. The van der Waals surface area contributed by atoms with Gasteiger partial charge in [0.15, 0.2) is 5.78 Å². The maximum atomic E-state index is 11.9. The molecule has 0 bridgehead atoms. The number of halogens is 1. The SMILES string of the molecule is COCCCN(C)CC(=O)c1cccc(Br)c1. The van der Waals surface area contributed by atoms with Crippen molar-refractivity contribution in [3.8, 4) is 0 Å². The zero-order chi connectivity index (χ0) is 12.7. The minimum Gasteiger partial charge on any atom is -0.385 e. The Morgan fingerprint density at radius 1 is 1.47 bits per heavy atom. The van der Waals surface area contributed by atoms with E-state index in [-0.39, 0.29) is 5.78 Å². The molecule has 0 aliphatic rings. The molecule has 0 unspecified atom stereocenters. The summed E-state index contributed by atoms with van der Waals surface area (Å²) in [7, 11) is 3.64. The van der Waals surface area contributed by atoms with Gasteiger partial charge in [-0.1, -0.05) is 28.1 Å². The first-order valence-corrected chi connectivity index (χ1v) is 6.39. The number of nitrogens with zero attached hydrogens (tertiary/aromatic N) is 1. The lowest BCUT2D eigenvalue weighted by Crippen LogP contribution is -2.27. The van der Waals surface area contributed by atoms with Crippen LogP contribution in [0.2, 0.25) is 0 Å². The van der Waals surface area contributed by atoms with Crippen LogP contribution in [-0.4, -0.2) is 44.5 Å². The number of ether oxygens (including phenoxy) is 1. The van der Waals surface area contributed by atoms with E-state index in [1.807, 2.05) is 36.2 Å². The van der Waals surface area contributed by atoms with Crippen LogP contribution in [0.3, 0.4) is 0 Å². The van der Waals surface area contributed by atoms with Crippen molar-refractivity contribution in [1.82, 2.24) is 4.90 Å². The second kappa shape index (κ2) is 7.58. The van der Waals surface area contributed by atoms with Gasteiger partial charge in [0.1, 0.15) is 0 Å². The Balaban J connectivity index is 2.43. The highest BCUT2D eigenvalue weighted by molar-refractivity contribution is 9.10. The lowest BCUT2D eigenvalue weighted by Gasteiger charge is -2.15. The van der Waals surface area contributed by atoms with Gasteiger partial charge < -0.3 is 4.74 Å². The van der Waals surface area contributed by atoms with E-state index in [9.17, 15) is 4.79 Å². The van der Waals surface area contributed by atoms with Crippen molar-refractivity contribution in [3.05, 3.63) is 34.3 Å². The van der Waals surface area contributed by atoms with E-state index < -0.39 is 0 Å². The van der Waals surface area contributed by atoms with Gasteiger partial charge in [-0.25, -0.2) is 0 Å². The summed E-state index contributed by atoms with van der Waals surface area (Å²) in [5.41, 5.74) is 0.748. The van der Waals surface area contributed by atoms with Crippen molar-refractivity contribution in [3.63, 3.8) is 0 Å². The molecule has 0 spiro atoms. The minimum absolute atomic E-state index is 0.145. The standard InChI is InChI=1S/C13H18BrNO2/c1-15(7-4-8-17-2)10-13(16)11-5-3-6-12(14)9-11/h3,5-6,9H,4,7-8,10H2,1-2H3. The zero-order valence-electron chi connectivity index (χ0n) is 10.3. The van der Waals surface area contributed by atoms with Crippen molar-refractivity contribution >= 4 is 21.7 Å². The number of Topliss-reactive ketones (excluding diaryl/α,β-unsaturated/α-hetero) is 1. The van der Waals surface area contributed by atoms with E-state index in [2.05, 4.69) is 15.9 Å². The van der Waals surface area contributed by atoms with E-state index in [1.54, 1.807) is 7.11 Å². The first-order chi connectivity index (χ1) is 8.13. The zero-order valence-corrected chi connectivity index (χ0v) is 11.9. The topological polar surface area (TPSA) is 29.5 Å². The molecule has 0 fully saturated rings. The normalized spacial score (nSPS) is 10.8. The van der Waals surface area contributed by atoms with Crippen LogP contribution < -0.4 is 0 Å². The Morgan fingerprint density at radius 2 is 2.24 bits per heavy atom. The van der Waals surface area contributed by atoms with Crippen molar-refractivity contribution in [2.45, 2.75) is 6.42 Å². The molecule has 1 aromatic rings. The Bertz CT molecular complexity index is 368.